The molecule has 82 valence electrons. The Labute approximate surface area is 88.9 Å². The number of nitrogens with zero attached hydrogens (tertiary/aromatic N) is 2. The van der Waals surface area contributed by atoms with E-state index in [0.29, 0.717) is 0 Å². The second kappa shape index (κ2) is 4.02. The van der Waals surface area contributed by atoms with Crippen molar-refractivity contribution in [1.82, 2.24) is 20.2 Å². The normalized spacial score (nSPS) is 25.5. The molecule has 2 atom stereocenters. The van der Waals surface area contributed by atoms with Gasteiger partial charge in [0, 0.05) is 39.5 Å². The maximum atomic E-state index is 11.0. The number of aryl methyl sites for hydroxylation is 1. The van der Waals surface area contributed by atoms with Crippen molar-refractivity contribution in [2.75, 3.05) is 13.1 Å². The third-order valence-corrected chi connectivity index (χ3v) is 2.79. The van der Waals surface area contributed by atoms with Crippen LogP contribution in [0.5, 0.6) is 0 Å². The Kier molecular flexibility index (Phi) is 2.73. The van der Waals surface area contributed by atoms with E-state index in [1.54, 1.807) is 13.1 Å². The van der Waals surface area contributed by atoms with Gasteiger partial charge in [-0.25, -0.2) is 4.98 Å². The van der Waals surface area contributed by atoms with Gasteiger partial charge in [-0.15, -0.1) is 0 Å². The SMILES string of the molecule is CC(=O)NC1CNCC1c1nccn1C. The van der Waals surface area contributed by atoms with Gasteiger partial charge in [0.25, 0.3) is 0 Å². The molecule has 15 heavy (non-hydrogen) atoms. The van der Waals surface area contributed by atoms with Crippen LogP contribution in [0.4, 0.5) is 0 Å². The number of carbonyl (C=O) groups excluding carboxylic acids is 1. The molecule has 0 aromatic carbocycles. The fraction of sp³-hybridized carbons (Fsp3) is 0.600. The van der Waals surface area contributed by atoms with Crippen molar-refractivity contribution in [2.24, 2.45) is 7.05 Å². The minimum Gasteiger partial charge on any atom is -0.352 e. The average molecular weight is 208 g/mol. The predicted octanol–water partition coefficient (Wildman–Crippen LogP) is -0.388. The second-order valence-electron chi connectivity index (χ2n) is 3.97. The fourth-order valence-electron chi connectivity index (χ4n) is 2.10. The summed E-state index contributed by atoms with van der Waals surface area (Å²) in [6.07, 6.45) is 3.72. The van der Waals surface area contributed by atoms with E-state index in [2.05, 4.69) is 15.6 Å². The standard InChI is InChI=1S/C10H16N4O/c1-7(15)13-9-6-11-5-8(9)10-12-3-4-14(10)2/h3-4,8-9,11H,5-6H2,1-2H3,(H,13,15). The van der Waals surface area contributed by atoms with Crippen LogP contribution in [0, 0.1) is 0 Å². The van der Waals surface area contributed by atoms with E-state index in [9.17, 15) is 4.79 Å². The molecule has 2 rings (SSSR count). The molecule has 1 aromatic heterocycles. The number of carbonyl (C=O) groups is 1. The van der Waals surface area contributed by atoms with Crippen molar-refractivity contribution in [1.29, 1.82) is 0 Å². The van der Waals surface area contributed by atoms with E-state index in [1.165, 1.54) is 0 Å². The Morgan fingerprint density at radius 2 is 2.47 bits per heavy atom. The van der Waals surface area contributed by atoms with Crippen LogP contribution >= 0.6 is 0 Å². The summed E-state index contributed by atoms with van der Waals surface area (Å²) in [5, 5.41) is 6.23. The monoisotopic (exact) mass is 208 g/mol. The van der Waals surface area contributed by atoms with Gasteiger partial charge in [0.2, 0.25) is 5.91 Å². The summed E-state index contributed by atoms with van der Waals surface area (Å²) >= 11 is 0. The summed E-state index contributed by atoms with van der Waals surface area (Å²) in [5.41, 5.74) is 0. The molecule has 0 bridgehead atoms. The zero-order valence-electron chi connectivity index (χ0n) is 9.03. The molecule has 5 heteroatoms. The highest BCUT2D eigenvalue weighted by Gasteiger charge is 2.31. The number of amides is 1. The van der Waals surface area contributed by atoms with Crippen LogP contribution in [0.25, 0.3) is 0 Å². The van der Waals surface area contributed by atoms with Crippen molar-refractivity contribution in [2.45, 2.75) is 18.9 Å². The molecule has 5 nitrogen and oxygen atoms in total. The predicted molar refractivity (Wildman–Crippen MR) is 56.4 cm³/mol. The van der Waals surface area contributed by atoms with Crippen molar-refractivity contribution in [3.63, 3.8) is 0 Å². The highest BCUT2D eigenvalue weighted by Crippen LogP contribution is 2.20. The quantitative estimate of drug-likeness (QED) is 0.696. The number of rotatable bonds is 2. The first kappa shape index (κ1) is 10.2. The zero-order chi connectivity index (χ0) is 10.8. The van der Waals surface area contributed by atoms with Crippen LogP contribution in [0.2, 0.25) is 0 Å². The Bertz CT molecular complexity index is 360. The summed E-state index contributed by atoms with van der Waals surface area (Å²) in [7, 11) is 1.98. The average Bonchev–Trinajstić information content (AvgIpc) is 2.73. The van der Waals surface area contributed by atoms with E-state index in [4.69, 9.17) is 0 Å². The molecule has 1 aliphatic rings. The van der Waals surface area contributed by atoms with Crippen molar-refractivity contribution in [3.05, 3.63) is 18.2 Å². The molecule has 1 aliphatic heterocycles. The molecular weight excluding hydrogens is 192 g/mol. The second-order valence-corrected chi connectivity index (χ2v) is 3.97. The molecule has 0 radical (unpaired) electrons. The maximum absolute atomic E-state index is 11.0. The summed E-state index contributed by atoms with van der Waals surface area (Å²) in [6, 6.07) is 0.156. The van der Waals surface area contributed by atoms with Gasteiger partial charge in [-0.05, 0) is 0 Å². The van der Waals surface area contributed by atoms with E-state index in [-0.39, 0.29) is 17.9 Å². The maximum Gasteiger partial charge on any atom is 0.217 e. The first-order chi connectivity index (χ1) is 7.18. The van der Waals surface area contributed by atoms with Crippen LogP contribution in [0.1, 0.15) is 18.7 Å². The largest absolute Gasteiger partial charge is 0.352 e. The van der Waals surface area contributed by atoms with E-state index in [1.807, 2.05) is 17.8 Å². The minimum atomic E-state index is 0.0166. The van der Waals surface area contributed by atoms with Crippen molar-refractivity contribution < 1.29 is 4.79 Å². The van der Waals surface area contributed by atoms with Crippen LogP contribution < -0.4 is 10.6 Å². The molecule has 1 saturated heterocycles. The summed E-state index contributed by atoms with van der Waals surface area (Å²) in [5.74, 6) is 1.32. The van der Waals surface area contributed by atoms with Gasteiger partial charge in [-0.2, -0.15) is 0 Å². The lowest BCUT2D eigenvalue weighted by Crippen LogP contribution is -2.38. The molecule has 1 amide bonds. The van der Waals surface area contributed by atoms with E-state index < -0.39 is 0 Å². The van der Waals surface area contributed by atoms with Gasteiger partial charge in [0.1, 0.15) is 5.82 Å². The molecule has 1 aromatic rings. The molecule has 0 aliphatic carbocycles. The highest BCUT2D eigenvalue weighted by atomic mass is 16.1. The molecule has 2 N–H and O–H groups in total. The first-order valence-electron chi connectivity index (χ1n) is 5.13. The number of imidazole rings is 1. The Hall–Kier alpha value is -1.36. The van der Waals surface area contributed by atoms with E-state index >= 15 is 0 Å². The molecule has 1 fully saturated rings. The molecule has 0 spiro atoms. The molecule has 2 heterocycles. The zero-order valence-corrected chi connectivity index (χ0v) is 9.03. The van der Waals surface area contributed by atoms with Crippen molar-refractivity contribution in [3.8, 4) is 0 Å². The smallest absolute Gasteiger partial charge is 0.217 e. The molecule has 0 saturated carbocycles. The Morgan fingerprint density at radius 1 is 1.67 bits per heavy atom. The van der Waals surface area contributed by atoms with Gasteiger partial charge in [0.15, 0.2) is 0 Å². The van der Waals surface area contributed by atoms with Gasteiger partial charge in [0.05, 0.1) is 12.0 Å². The number of hydrogen-bond donors (Lipinski definition) is 2. The third kappa shape index (κ3) is 2.02. The van der Waals surface area contributed by atoms with Gasteiger partial charge >= 0.3 is 0 Å². The van der Waals surface area contributed by atoms with Gasteiger partial charge in [-0.1, -0.05) is 0 Å². The lowest BCUT2D eigenvalue weighted by Gasteiger charge is -2.18. The topological polar surface area (TPSA) is 59.0 Å². The molecular formula is C10H16N4O. The lowest BCUT2D eigenvalue weighted by molar-refractivity contribution is -0.119. The Balaban J connectivity index is 2.14. The van der Waals surface area contributed by atoms with Gasteiger partial charge < -0.3 is 15.2 Å². The van der Waals surface area contributed by atoms with Crippen LogP contribution in [0.3, 0.4) is 0 Å². The van der Waals surface area contributed by atoms with Crippen molar-refractivity contribution >= 4 is 5.91 Å². The van der Waals surface area contributed by atoms with Crippen LogP contribution in [-0.4, -0.2) is 34.6 Å². The van der Waals surface area contributed by atoms with Crippen LogP contribution in [-0.2, 0) is 11.8 Å². The lowest BCUT2D eigenvalue weighted by atomic mass is 10.0. The molecule has 2 unspecified atom stereocenters. The number of aromatic nitrogens is 2. The highest BCUT2D eigenvalue weighted by molar-refractivity contribution is 5.73. The summed E-state index contributed by atoms with van der Waals surface area (Å²) < 4.78 is 2.01. The van der Waals surface area contributed by atoms with E-state index in [0.717, 1.165) is 18.9 Å². The van der Waals surface area contributed by atoms with Gasteiger partial charge in [-0.3, -0.25) is 4.79 Å². The summed E-state index contributed by atoms with van der Waals surface area (Å²) in [6.45, 7) is 3.24. The van der Waals surface area contributed by atoms with Crippen LogP contribution in [0.15, 0.2) is 12.4 Å². The summed E-state index contributed by atoms with van der Waals surface area (Å²) in [4.78, 5) is 15.4. The third-order valence-electron chi connectivity index (χ3n) is 2.79. The Morgan fingerprint density at radius 3 is 3.07 bits per heavy atom. The number of hydrogen-bond acceptors (Lipinski definition) is 3. The fourth-order valence-corrected chi connectivity index (χ4v) is 2.10. The number of nitrogens with one attached hydrogen (secondary N) is 2. The first-order valence-corrected chi connectivity index (χ1v) is 5.13. The minimum absolute atomic E-state index is 0.0166.